The Morgan fingerprint density at radius 3 is 2.35 bits per heavy atom. The lowest BCUT2D eigenvalue weighted by Crippen LogP contribution is -2.41. The minimum Gasteiger partial charge on any atom is -0.497 e. The lowest BCUT2D eigenvalue weighted by Gasteiger charge is -2.23. The van der Waals surface area contributed by atoms with E-state index >= 15 is 0 Å². The number of methoxy groups -OCH3 is 1. The van der Waals surface area contributed by atoms with Crippen molar-refractivity contribution in [1.82, 2.24) is 14.7 Å². The molecule has 0 atom stereocenters. The highest BCUT2D eigenvalue weighted by molar-refractivity contribution is 6.36. The first-order chi connectivity index (χ1) is 17.5. The monoisotopic (exact) mass is 545 g/mol. The van der Waals surface area contributed by atoms with Crippen LogP contribution in [0.25, 0.3) is 5.69 Å². The molecule has 2 aromatic carbocycles. The largest absolute Gasteiger partial charge is 0.497 e. The number of benzene rings is 2. The first-order valence-corrected chi connectivity index (χ1v) is 12.8. The molecule has 3 aromatic rings. The molecule has 2 N–H and O–H groups in total. The second-order valence-corrected chi connectivity index (χ2v) is 10.5. The van der Waals surface area contributed by atoms with Crippen molar-refractivity contribution in [3.05, 3.63) is 64.3 Å². The summed E-state index contributed by atoms with van der Waals surface area (Å²) < 4.78 is 6.94. The van der Waals surface area contributed by atoms with Gasteiger partial charge in [-0.25, -0.2) is 9.48 Å². The molecule has 198 valence electrons. The van der Waals surface area contributed by atoms with Crippen LogP contribution in [0, 0.1) is 0 Å². The molecular formula is C27H33Cl2N5O3. The molecule has 1 heterocycles. The highest BCUT2D eigenvalue weighted by Crippen LogP contribution is 2.28. The Hall–Kier alpha value is -3.23. The average Bonchev–Trinajstić information content (AvgIpc) is 3.27. The number of amides is 3. The molecule has 0 aliphatic heterocycles. The lowest BCUT2D eigenvalue weighted by atomic mass is 9.92. The maximum Gasteiger partial charge on any atom is 0.322 e. The summed E-state index contributed by atoms with van der Waals surface area (Å²) in [6, 6.07) is 13.6. The summed E-state index contributed by atoms with van der Waals surface area (Å²) in [6.45, 7) is 8.45. The number of urea groups is 1. The second kappa shape index (κ2) is 12.3. The summed E-state index contributed by atoms with van der Waals surface area (Å²) in [7, 11) is 1.60. The zero-order valence-corrected chi connectivity index (χ0v) is 23.3. The van der Waals surface area contributed by atoms with Crippen LogP contribution in [0.15, 0.2) is 48.5 Å². The van der Waals surface area contributed by atoms with Gasteiger partial charge in [-0.15, -0.1) is 0 Å². The predicted molar refractivity (Wildman–Crippen MR) is 149 cm³/mol. The van der Waals surface area contributed by atoms with E-state index in [0.717, 1.165) is 30.0 Å². The number of hydrogen-bond acceptors (Lipinski definition) is 4. The van der Waals surface area contributed by atoms with Gasteiger partial charge in [0.1, 0.15) is 18.1 Å². The lowest BCUT2D eigenvalue weighted by molar-refractivity contribution is -0.116. The van der Waals surface area contributed by atoms with Gasteiger partial charge in [-0.2, -0.15) is 5.10 Å². The molecule has 3 amide bonds. The number of ether oxygens (including phenoxy) is 1. The van der Waals surface area contributed by atoms with E-state index in [1.807, 2.05) is 37.3 Å². The van der Waals surface area contributed by atoms with Gasteiger partial charge in [-0.3, -0.25) is 4.79 Å². The molecule has 0 unspecified atom stereocenters. The normalized spacial score (nSPS) is 11.2. The van der Waals surface area contributed by atoms with Crippen LogP contribution < -0.4 is 15.4 Å². The molecule has 0 bridgehead atoms. The van der Waals surface area contributed by atoms with E-state index in [1.165, 1.54) is 4.90 Å². The molecule has 1 aromatic heterocycles. The standard InChI is InChI=1S/C27H33Cl2N5O3/c1-6-7-14-33(26(36)30-22-13-8-18(28)15-21(22)29)17-25(35)31-24-16-23(27(2,3)4)32-34(24)19-9-11-20(37-5)12-10-19/h8-13,15-16H,6-7,14,17H2,1-5H3,(H,30,36)(H,31,35). The number of carbonyl (C=O) groups excluding carboxylic acids is 2. The molecular weight excluding hydrogens is 513 g/mol. The third-order valence-corrected chi connectivity index (χ3v) is 6.19. The maximum absolute atomic E-state index is 13.2. The van der Waals surface area contributed by atoms with Gasteiger partial charge in [-0.05, 0) is 48.9 Å². The van der Waals surface area contributed by atoms with Crippen LogP contribution in [0.3, 0.4) is 0 Å². The Balaban J connectivity index is 1.81. The Labute approximate surface area is 227 Å². The molecule has 0 radical (unpaired) electrons. The number of halogens is 2. The summed E-state index contributed by atoms with van der Waals surface area (Å²) in [5.74, 6) is 0.885. The van der Waals surface area contributed by atoms with Gasteiger partial charge >= 0.3 is 6.03 Å². The predicted octanol–water partition coefficient (Wildman–Crippen LogP) is 6.76. The van der Waals surface area contributed by atoms with E-state index in [4.69, 9.17) is 33.0 Å². The highest BCUT2D eigenvalue weighted by Gasteiger charge is 2.23. The Morgan fingerprint density at radius 2 is 1.76 bits per heavy atom. The van der Waals surface area contributed by atoms with Gasteiger partial charge < -0.3 is 20.3 Å². The number of hydrogen-bond donors (Lipinski definition) is 2. The van der Waals surface area contributed by atoms with E-state index in [0.29, 0.717) is 28.1 Å². The van der Waals surface area contributed by atoms with Crippen molar-refractivity contribution >= 4 is 46.6 Å². The number of anilines is 2. The van der Waals surface area contributed by atoms with E-state index in [2.05, 4.69) is 31.4 Å². The molecule has 37 heavy (non-hydrogen) atoms. The molecule has 0 spiro atoms. The third-order valence-electron chi connectivity index (χ3n) is 5.64. The Bertz CT molecular complexity index is 1240. The van der Waals surface area contributed by atoms with E-state index in [9.17, 15) is 9.59 Å². The van der Waals surface area contributed by atoms with Gasteiger partial charge in [-0.1, -0.05) is 57.3 Å². The van der Waals surface area contributed by atoms with Crippen molar-refractivity contribution < 1.29 is 14.3 Å². The second-order valence-electron chi connectivity index (χ2n) is 9.65. The minimum absolute atomic E-state index is 0.143. The van der Waals surface area contributed by atoms with Crippen molar-refractivity contribution in [2.75, 3.05) is 30.8 Å². The van der Waals surface area contributed by atoms with E-state index in [-0.39, 0.29) is 17.9 Å². The maximum atomic E-state index is 13.2. The fraction of sp³-hybridized carbons (Fsp3) is 0.370. The fourth-order valence-electron chi connectivity index (χ4n) is 3.50. The van der Waals surface area contributed by atoms with E-state index in [1.54, 1.807) is 30.0 Å². The van der Waals surface area contributed by atoms with Gasteiger partial charge in [0, 0.05) is 23.0 Å². The minimum atomic E-state index is -0.424. The number of carbonyl (C=O) groups is 2. The molecule has 10 heteroatoms. The van der Waals surface area contributed by atoms with Gasteiger partial charge in [0.25, 0.3) is 0 Å². The van der Waals surface area contributed by atoms with Crippen LogP contribution in [-0.4, -0.2) is 46.8 Å². The van der Waals surface area contributed by atoms with Crippen molar-refractivity contribution in [3.63, 3.8) is 0 Å². The number of unbranched alkanes of at least 4 members (excludes halogenated alkanes) is 1. The average molecular weight is 546 g/mol. The van der Waals surface area contributed by atoms with Crippen LogP contribution in [-0.2, 0) is 10.2 Å². The molecule has 0 aliphatic rings. The third kappa shape index (κ3) is 7.63. The van der Waals surface area contributed by atoms with E-state index < -0.39 is 6.03 Å². The highest BCUT2D eigenvalue weighted by atomic mass is 35.5. The molecule has 0 saturated carbocycles. The number of nitrogens with zero attached hydrogens (tertiary/aromatic N) is 3. The van der Waals surface area contributed by atoms with Gasteiger partial charge in [0.15, 0.2) is 0 Å². The van der Waals surface area contributed by atoms with Crippen LogP contribution in [0.2, 0.25) is 10.0 Å². The van der Waals surface area contributed by atoms with Crippen molar-refractivity contribution in [2.45, 2.75) is 46.0 Å². The molecule has 3 rings (SSSR count). The van der Waals surface area contributed by atoms with Gasteiger partial charge in [0.05, 0.1) is 29.2 Å². The van der Waals surface area contributed by atoms with Crippen molar-refractivity contribution in [3.8, 4) is 11.4 Å². The fourth-order valence-corrected chi connectivity index (χ4v) is 3.95. The summed E-state index contributed by atoms with van der Waals surface area (Å²) in [5.41, 5.74) is 1.77. The molecule has 8 nitrogen and oxygen atoms in total. The first-order valence-electron chi connectivity index (χ1n) is 12.1. The van der Waals surface area contributed by atoms with Gasteiger partial charge in [0.2, 0.25) is 5.91 Å². The topological polar surface area (TPSA) is 88.5 Å². The molecule has 0 fully saturated rings. The van der Waals surface area contributed by atoms with Crippen LogP contribution in [0.5, 0.6) is 5.75 Å². The SMILES string of the molecule is CCCCN(CC(=O)Nc1cc(C(C)(C)C)nn1-c1ccc(OC)cc1)C(=O)Nc1ccc(Cl)cc1Cl. The summed E-state index contributed by atoms with van der Waals surface area (Å²) >= 11 is 12.2. The number of aromatic nitrogens is 2. The van der Waals surface area contributed by atoms with Crippen LogP contribution in [0.4, 0.5) is 16.3 Å². The Kier molecular flexibility index (Phi) is 9.45. The van der Waals surface area contributed by atoms with Crippen molar-refractivity contribution in [2.24, 2.45) is 0 Å². The smallest absolute Gasteiger partial charge is 0.322 e. The summed E-state index contributed by atoms with van der Waals surface area (Å²) in [4.78, 5) is 27.7. The van der Waals surface area contributed by atoms with Crippen LogP contribution >= 0.6 is 23.2 Å². The summed E-state index contributed by atoms with van der Waals surface area (Å²) in [6.07, 6.45) is 1.61. The Morgan fingerprint density at radius 1 is 1.05 bits per heavy atom. The zero-order valence-electron chi connectivity index (χ0n) is 21.8. The van der Waals surface area contributed by atoms with Crippen molar-refractivity contribution in [1.29, 1.82) is 0 Å². The quantitative estimate of drug-likeness (QED) is 0.311. The molecule has 0 aliphatic carbocycles. The number of nitrogens with one attached hydrogen (secondary N) is 2. The van der Waals surface area contributed by atoms with Crippen LogP contribution in [0.1, 0.15) is 46.2 Å². The zero-order chi connectivity index (χ0) is 27.2. The number of rotatable bonds is 9. The first kappa shape index (κ1) is 28.3. The summed E-state index contributed by atoms with van der Waals surface area (Å²) in [5, 5.41) is 11.2. The molecule has 0 saturated heterocycles.